The average Bonchev–Trinajstić information content (AvgIpc) is 3.56. The highest BCUT2D eigenvalue weighted by Gasteiger charge is 2.52. The summed E-state index contributed by atoms with van der Waals surface area (Å²) in [6, 6.07) is 9.72. The molecule has 3 aliphatic rings. The maximum Gasteiger partial charge on any atom is 0.314 e. The molecule has 0 atom stereocenters. The van der Waals surface area contributed by atoms with E-state index in [9.17, 15) is 9.90 Å². The molecule has 1 aromatic heterocycles. The monoisotopic (exact) mass is 409 g/mol. The van der Waals surface area contributed by atoms with Crippen molar-refractivity contribution < 1.29 is 14.6 Å². The van der Waals surface area contributed by atoms with Crippen molar-refractivity contribution in [3.05, 3.63) is 47.5 Å². The van der Waals surface area contributed by atoms with Crippen LogP contribution in [0.5, 0.6) is 0 Å². The number of hydrogen-bond donors (Lipinski definition) is 1. The second-order valence-corrected chi connectivity index (χ2v) is 9.40. The van der Waals surface area contributed by atoms with Gasteiger partial charge < -0.3 is 14.4 Å². The van der Waals surface area contributed by atoms with Gasteiger partial charge in [-0.25, -0.2) is 0 Å². The summed E-state index contributed by atoms with van der Waals surface area (Å²) >= 11 is 0. The number of aromatic nitrogens is 3. The minimum atomic E-state index is -0.852. The Bertz CT molecular complexity index is 896. The number of nitrogens with zero attached hydrogens (tertiary/aromatic N) is 3. The van der Waals surface area contributed by atoms with Gasteiger partial charge in [-0.1, -0.05) is 36.8 Å². The van der Waals surface area contributed by atoms with Crippen LogP contribution in [0.4, 0.5) is 0 Å². The van der Waals surface area contributed by atoms with Gasteiger partial charge in [0.2, 0.25) is 0 Å². The summed E-state index contributed by atoms with van der Waals surface area (Å²) in [6.07, 6.45) is 9.39. The number of ether oxygens (including phenoxy) is 1. The largest absolute Gasteiger partial charge is 0.481 e. The summed E-state index contributed by atoms with van der Waals surface area (Å²) in [6.45, 7) is 1.68. The first-order valence-electron chi connectivity index (χ1n) is 11.5. The van der Waals surface area contributed by atoms with Gasteiger partial charge in [0.05, 0.1) is 12.0 Å². The smallest absolute Gasteiger partial charge is 0.314 e. The van der Waals surface area contributed by atoms with Crippen molar-refractivity contribution in [2.24, 2.45) is 5.92 Å². The van der Waals surface area contributed by atoms with Gasteiger partial charge in [0.25, 0.3) is 0 Å². The minimum absolute atomic E-state index is 0.522. The Morgan fingerprint density at radius 1 is 1.07 bits per heavy atom. The average molecular weight is 410 g/mol. The van der Waals surface area contributed by atoms with E-state index in [2.05, 4.69) is 14.8 Å². The fraction of sp³-hybridized carbons (Fsp3) is 0.625. The number of carbonyl (C=O) groups is 1. The van der Waals surface area contributed by atoms with E-state index in [1.165, 1.54) is 19.3 Å². The van der Waals surface area contributed by atoms with Crippen LogP contribution in [-0.4, -0.2) is 32.4 Å². The highest BCUT2D eigenvalue weighted by Crippen LogP contribution is 2.50. The van der Waals surface area contributed by atoms with Crippen LogP contribution in [0, 0.1) is 5.92 Å². The van der Waals surface area contributed by atoms with E-state index < -0.39 is 17.0 Å². The van der Waals surface area contributed by atoms with Crippen LogP contribution < -0.4 is 0 Å². The molecule has 2 fully saturated rings. The summed E-state index contributed by atoms with van der Waals surface area (Å²) in [5, 5.41) is 19.4. The van der Waals surface area contributed by atoms with E-state index in [4.69, 9.17) is 4.74 Å². The first-order valence-corrected chi connectivity index (χ1v) is 11.5. The molecular weight excluding hydrogens is 378 g/mol. The van der Waals surface area contributed by atoms with Crippen LogP contribution in [0.3, 0.4) is 0 Å². The molecule has 0 unspecified atom stereocenters. The van der Waals surface area contributed by atoms with Gasteiger partial charge in [-0.2, -0.15) is 0 Å². The molecule has 160 valence electrons. The molecule has 0 spiro atoms. The van der Waals surface area contributed by atoms with E-state index in [0.717, 1.165) is 49.6 Å². The fourth-order valence-electron chi connectivity index (χ4n) is 5.28. The van der Waals surface area contributed by atoms with Gasteiger partial charge in [0, 0.05) is 13.0 Å². The molecule has 0 radical (unpaired) electrons. The third kappa shape index (κ3) is 3.45. The SMILES string of the molecule is O=C(O)C1(c2ccccc2)CCC(OCC2CC2)(c2nnc3n2CCCCC3)CC1. The van der Waals surface area contributed by atoms with Crippen molar-refractivity contribution in [3.8, 4) is 0 Å². The molecular formula is C24H31N3O3. The van der Waals surface area contributed by atoms with Crippen molar-refractivity contribution in [3.63, 3.8) is 0 Å². The van der Waals surface area contributed by atoms with Crippen molar-refractivity contribution in [1.82, 2.24) is 14.8 Å². The molecule has 6 nitrogen and oxygen atoms in total. The number of fused-ring (bicyclic) bond motifs is 1. The molecule has 5 rings (SSSR count). The molecule has 1 aliphatic heterocycles. The lowest BCUT2D eigenvalue weighted by atomic mass is 9.65. The summed E-state index contributed by atoms with van der Waals surface area (Å²) in [7, 11) is 0. The van der Waals surface area contributed by atoms with Crippen LogP contribution in [-0.2, 0) is 33.5 Å². The predicted molar refractivity (Wildman–Crippen MR) is 112 cm³/mol. The van der Waals surface area contributed by atoms with E-state index in [0.29, 0.717) is 31.6 Å². The molecule has 1 aromatic carbocycles. The third-order valence-electron chi connectivity index (χ3n) is 7.46. The Balaban J connectivity index is 1.48. The Morgan fingerprint density at radius 3 is 2.53 bits per heavy atom. The Morgan fingerprint density at radius 2 is 1.83 bits per heavy atom. The fourth-order valence-corrected chi connectivity index (χ4v) is 5.28. The molecule has 6 heteroatoms. The second-order valence-electron chi connectivity index (χ2n) is 9.40. The topological polar surface area (TPSA) is 77.2 Å². The highest BCUT2D eigenvalue weighted by atomic mass is 16.5. The first-order chi connectivity index (χ1) is 14.6. The lowest BCUT2D eigenvalue weighted by molar-refractivity contribution is -0.151. The number of carboxylic acids is 1. The summed E-state index contributed by atoms with van der Waals surface area (Å²) < 4.78 is 8.93. The van der Waals surface area contributed by atoms with Crippen molar-refractivity contribution in [2.45, 2.75) is 81.8 Å². The molecule has 1 N–H and O–H groups in total. The predicted octanol–water partition coefficient (Wildman–Crippen LogP) is 4.22. The molecule has 2 aliphatic carbocycles. The van der Waals surface area contributed by atoms with Crippen LogP contribution in [0.2, 0.25) is 0 Å². The Hall–Kier alpha value is -2.21. The van der Waals surface area contributed by atoms with Crippen LogP contribution in [0.15, 0.2) is 30.3 Å². The first kappa shape index (κ1) is 19.7. The van der Waals surface area contributed by atoms with Crippen LogP contribution in [0.1, 0.15) is 75.0 Å². The number of aliphatic carboxylic acids is 1. The third-order valence-corrected chi connectivity index (χ3v) is 7.46. The van der Waals surface area contributed by atoms with E-state index in [1.807, 2.05) is 30.3 Å². The quantitative estimate of drug-likeness (QED) is 0.773. The number of benzene rings is 1. The second kappa shape index (κ2) is 7.80. The zero-order valence-corrected chi connectivity index (χ0v) is 17.6. The lowest BCUT2D eigenvalue weighted by Gasteiger charge is -2.44. The van der Waals surface area contributed by atoms with Gasteiger partial charge in [-0.15, -0.1) is 10.2 Å². The number of rotatable bonds is 6. The maximum absolute atomic E-state index is 12.5. The Labute approximate surface area is 177 Å². The van der Waals surface area contributed by atoms with Crippen LogP contribution >= 0.6 is 0 Å². The van der Waals surface area contributed by atoms with Gasteiger partial charge in [-0.05, 0) is 62.8 Å². The molecule has 0 bridgehead atoms. The van der Waals surface area contributed by atoms with Gasteiger partial charge in [0.15, 0.2) is 5.82 Å². The molecule has 30 heavy (non-hydrogen) atoms. The molecule has 2 heterocycles. The number of aryl methyl sites for hydroxylation is 1. The van der Waals surface area contributed by atoms with E-state index in [-0.39, 0.29) is 0 Å². The molecule has 0 saturated heterocycles. The van der Waals surface area contributed by atoms with Crippen molar-refractivity contribution in [2.75, 3.05) is 6.61 Å². The normalized spacial score (nSPS) is 29.2. The van der Waals surface area contributed by atoms with Crippen LogP contribution in [0.25, 0.3) is 0 Å². The standard InChI is InChI=1S/C24H31N3O3/c28-22(29)23(19-7-3-1-4-8-19)12-14-24(15-13-23,30-17-18-10-11-18)21-26-25-20-9-5-2-6-16-27(20)21/h1,3-4,7-8,18H,2,5-6,9-17H2,(H,28,29). The van der Waals surface area contributed by atoms with Gasteiger partial charge in [-0.3, -0.25) is 4.79 Å². The number of carboxylic acid groups (broad SMARTS) is 1. The number of hydrogen-bond acceptors (Lipinski definition) is 4. The summed E-state index contributed by atoms with van der Waals surface area (Å²) in [4.78, 5) is 12.5. The molecule has 0 amide bonds. The zero-order valence-electron chi connectivity index (χ0n) is 17.6. The van der Waals surface area contributed by atoms with Gasteiger partial charge in [0.1, 0.15) is 11.4 Å². The zero-order chi connectivity index (χ0) is 20.6. The van der Waals surface area contributed by atoms with E-state index in [1.54, 1.807) is 0 Å². The van der Waals surface area contributed by atoms with Crippen molar-refractivity contribution >= 4 is 5.97 Å². The minimum Gasteiger partial charge on any atom is -0.481 e. The van der Waals surface area contributed by atoms with Crippen molar-refractivity contribution in [1.29, 1.82) is 0 Å². The highest BCUT2D eigenvalue weighted by molar-refractivity contribution is 5.81. The molecule has 2 aromatic rings. The summed E-state index contributed by atoms with van der Waals surface area (Å²) in [5.41, 5.74) is -0.477. The lowest BCUT2D eigenvalue weighted by Crippen LogP contribution is -2.47. The van der Waals surface area contributed by atoms with Gasteiger partial charge >= 0.3 is 5.97 Å². The Kier molecular flexibility index (Phi) is 5.13. The van der Waals surface area contributed by atoms with E-state index >= 15 is 0 Å². The molecule has 2 saturated carbocycles. The maximum atomic E-state index is 12.5. The summed E-state index contributed by atoms with van der Waals surface area (Å²) in [5.74, 6) is 1.92.